The zero-order chi connectivity index (χ0) is 12.5. The number of benzene rings is 1. The van der Waals surface area contributed by atoms with Crippen LogP contribution in [-0.4, -0.2) is 19.5 Å². The molecule has 0 radical (unpaired) electrons. The first kappa shape index (κ1) is 12.5. The van der Waals surface area contributed by atoms with Gasteiger partial charge in [-0.3, -0.25) is 0 Å². The molecule has 1 rings (SSSR count). The quantitative estimate of drug-likeness (QED) is 0.536. The summed E-state index contributed by atoms with van der Waals surface area (Å²) in [5, 5.41) is 8.95. The van der Waals surface area contributed by atoms with E-state index in [9.17, 15) is 13.2 Å². The predicted molar refractivity (Wildman–Crippen MR) is 61.3 cm³/mol. The van der Waals surface area contributed by atoms with Crippen molar-refractivity contribution in [3.8, 4) is 0 Å². The minimum atomic E-state index is -2.62. The molecule has 0 heterocycles. The van der Waals surface area contributed by atoms with Crippen LogP contribution in [0.25, 0.3) is 0 Å². The van der Waals surface area contributed by atoms with Gasteiger partial charge in [0, 0.05) is 5.69 Å². The van der Waals surface area contributed by atoms with Crippen LogP contribution in [0.1, 0.15) is 27.0 Å². The van der Waals surface area contributed by atoms with Crippen molar-refractivity contribution < 1.29 is 18.3 Å². The normalized spacial score (nSPS) is 10.7. The lowest BCUT2D eigenvalue weighted by Crippen LogP contribution is -2.07. The van der Waals surface area contributed by atoms with Crippen LogP contribution in [0.5, 0.6) is 0 Å². The van der Waals surface area contributed by atoms with Gasteiger partial charge >= 0.3 is 5.97 Å². The first-order valence-electron chi connectivity index (χ1n) is 4.58. The summed E-state index contributed by atoms with van der Waals surface area (Å²) in [6, 6.07) is 1.32. The summed E-state index contributed by atoms with van der Waals surface area (Å²) < 4.78 is 21.3. The first-order chi connectivity index (χ1) is 7.34. The highest BCUT2D eigenvalue weighted by molar-refractivity contribution is 7.71. The summed E-state index contributed by atoms with van der Waals surface area (Å²) in [5.41, 5.74) is 7.71. The Bertz CT molecular complexity index is 512. The van der Waals surface area contributed by atoms with Gasteiger partial charge in [0.25, 0.3) is 0 Å². The largest absolute Gasteiger partial charge is 0.478 e. The molecular formula is C10H13NO4S. The molecule has 6 heteroatoms. The third kappa shape index (κ3) is 2.33. The van der Waals surface area contributed by atoms with Gasteiger partial charge in [-0.15, -0.1) is 0 Å². The molecule has 88 valence electrons. The molecule has 16 heavy (non-hydrogen) atoms. The number of anilines is 1. The van der Waals surface area contributed by atoms with Crippen LogP contribution in [0.15, 0.2) is 6.07 Å². The van der Waals surface area contributed by atoms with Gasteiger partial charge < -0.3 is 10.8 Å². The molecule has 0 bridgehead atoms. The second-order valence-electron chi connectivity index (χ2n) is 3.54. The Hall–Kier alpha value is -1.56. The molecule has 0 aliphatic heterocycles. The van der Waals surface area contributed by atoms with Gasteiger partial charge in [-0.25, -0.2) is 13.2 Å². The highest BCUT2D eigenvalue weighted by atomic mass is 32.2. The number of hydrogen-bond donors (Lipinski definition) is 3. The topological polar surface area (TPSA) is 97.5 Å². The van der Waals surface area contributed by atoms with Crippen molar-refractivity contribution in [2.75, 3.05) is 5.73 Å². The fourth-order valence-electron chi connectivity index (χ4n) is 1.50. The van der Waals surface area contributed by atoms with Gasteiger partial charge in [-0.05, 0) is 36.6 Å². The highest BCUT2D eigenvalue weighted by Crippen LogP contribution is 2.25. The summed E-state index contributed by atoms with van der Waals surface area (Å²) in [6.07, 6.45) is 0. The number of nitrogen functional groups attached to an aromatic ring is 1. The van der Waals surface area contributed by atoms with E-state index in [0.717, 1.165) is 0 Å². The molecule has 1 aromatic carbocycles. The minimum Gasteiger partial charge on any atom is -0.478 e. The number of carbonyl (C=O) groups is 1. The average molecular weight is 243 g/mol. The molecule has 0 saturated carbocycles. The maximum Gasteiger partial charge on any atom is 0.335 e. The van der Waals surface area contributed by atoms with E-state index in [1.165, 1.54) is 6.07 Å². The van der Waals surface area contributed by atoms with Crippen LogP contribution in [0.4, 0.5) is 5.69 Å². The van der Waals surface area contributed by atoms with Crippen molar-refractivity contribution in [1.29, 1.82) is 0 Å². The van der Waals surface area contributed by atoms with Crippen LogP contribution < -0.4 is 5.73 Å². The highest BCUT2D eigenvalue weighted by Gasteiger charge is 2.15. The number of nitrogens with two attached hydrogens (primary N) is 1. The zero-order valence-electron chi connectivity index (χ0n) is 8.98. The Kier molecular flexibility index (Phi) is 3.54. The van der Waals surface area contributed by atoms with Crippen molar-refractivity contribution in [2.24, 2.45) is 0 Å². The van der Waals surface area contributed by atoms with Gasteiger partial charge in [0.05, 0.1) is 11.3 Å². The van der Waals surface area contributed by atoms with E-state index in [1.807, 2.05) is 0 Å². The van der Waals surface area contributed by atoms with Gasteiger partial charge in [0.2, 0.25) is 0 Å². The van der Waals surface area contributed by atoms with Crippen LogP contribution in [0.2, 0.25) is 0 Å². The summed E-state index contributed by atoms with van der Waals surface area (Å²) in [6.45, 7) is 3.33. The van der Waals surface area contributed by atoms with E-state index in [4.69, 9.17) is 10.8 Å². The van der Waals surface area contributed by atoms with Gasteiger partial charge in [0.1, 0.15) is 10.7 Å². The third-order valence-corrected chi connectivity index (χ3v) is 3.16. The minimum absolute atomic E-state index is 0.0959. The van der Waals surface area contributed by atoms with Crippen LogP contribution in [-0.2, 0) is 16.5 Å². The van der Waals surface area contributed by atoms with E-state index in [0.29, 0.717) is 22.4 Å². The first-order valence-corrected chi connectivity index (χ1v) is 5.94. The standard InChI is InChI=1S/C10H13NO4S/c1-5-6(2)9(11)7(4-16(14)15)3-8(5)10(12)13/h3,16H,4,11H2,1-2H3,(H,12,13). The summed E-state index contributed by atoms with van der Waals surface area (Å²) >= 11 is 0. The number of hydrogen-bond acceptors (Lipinski definition) is 4. The third-order valence-electron chi connectivity index (χ3n) is 2.56. The second-order valence-corrected chi connectivity index (χ2v) is 4.52. The van der Waals surface area contributed by atoms with E-state index in [-0.39, 0.29) is 11.3 Å². The smallest absolute Gasteiger partial charge is 0.335 e. The zero-order valence-corrected chi connectivity index (χ0v) is 9.88. The summed E-state index contributed by atoms with van der Waals surface area (Å²) in [5.74, 6) is -1.31. The van der Waals surface area contributed by atoms with E-state index < -0.39 is 16.7 Å². The summed E-state index contributed by atoms with van der Waals surface area (Å²) in [4.78, 5) is 10.9. The van der Waals surface area contributed by atoms with Crippen molar-refractivity contribution in [3.05, 3.63) is 28.3 Å². The fraction of sp³-hybridized carbons (Fsp3) is 0.300. The van der Waals surface area contributed by atoms with Crippen LogP contribution in [0, 0.1) is 13.8 Å². The molecule has 1 aromatic rings. The van der Waals surface area contributed by atoms with Crippen LogP contribution in [0.3, 0.4) is 0 Å². The Morgan fingerprint density at radius 3 is 2.38 bits per heavy atom. The molecule has 0 saturated heterocycles. The van der Waals surface area contributed by atoms with Crippen molar-refractivity contribution in [2.45, 2.75) is 19.6 Å². The number of carboxylic acid groups (broad SMARTS) is 1. The molecule has 0 spiro atoms. The van der Waals surface area contributed by atoms with Gasteiger partial charge in [-0.1, -0.05) is 0 Å². The lowest BCUT2D eigenvalue weighted by Gasteiger charge is -2.12. The molecule has 0 unspecified atom stereocenters. The monoisotopic (exact) mass is 243 g/mol. The maximum absolute atomic E-state index is 10.9. The van der Waals surface area contributed by atoms with Gasteiger partial charge in [0.15, 0.2) is 0 Å². The molecule has 0 aromatic heterocycles. The molecule has 0 aliphatic carbocycles. The average Bonchev–Trinajstić information content (AvgIpc) is 2.18. The lowest BCUT2D eigenvalue weighted by atomic mass is 9.98. The predicted octanol–water partition coefficient (Wildman–Crippen LogP) is 0.695. The van der Waals surface area contributed by atoms with Gasteiger partial charge in [-0.2, -0.15) is 0 Å². The molecule has 0 aliphatic rings. The van der Waals surface area contributed by atoms with Crippen molar-refractivity contribution in [1.82, 2.24) is 0 Å². The van der Waals surface area contributed by atoms with E-state index in [2.05, 4.69) is 0 Å². The van der Waals surface area contributed by atoms with E-state index >= 15 is 0 Å². The van der Waals surface area contributed by atoms with E-state index in [1.54, 1.807) is 13.8 Å². The Morgan fingerprint density at radius 1 is 1.38 bits per heavy atom. The Labute approximate surface area is 94.8 Å². The van der Waals surface area contributed by atoms with Crippen molar-refractivity contribution >= 4 is 22.4 Å². The molecule has 0 fully saturated rings. The Morgan fingerprint density at radius 2 is 1.94 bits per heavy atom. The molecular weight excluding hydrogens is 230 g/mol. The Balaban J connectivity index is 3.46. The molecule has 5 nitrogen and oxygen atoms in total. The van der Waals surface area contributed by atoms with Crippen molar-refractivity contribution in [3.63, 3.8) is 0 Å². The summed E-state index contributed by atoms with van der Waals surface area (Å²) in [7, 11) is -2.62. The number of thiol groups is 1. The lowest BCUT2D eigenvalue weighted by molar-refractivity contribution is 0.0696. The number of aromatic carboxylic acids is 1. The number of rotatable bonds is 3. The molecule has 3 N–H and O–H groups in total. The second kappa shape index (κ2) is 4.52. The SMILES string of the molecule is Cc1c(C(=O)O)cc(C[SH](=O)=O)c(N)c1C. The number of carboxylic acids is 1. The molecule has 0 atom stereocenters. The molecule has 0 amide bonds. The van der Waals surface area contributed by atoms with Crippen LogP contribution >= 0.6 is 0 Å². The fourth-order valence-corrected chi connectivity index (χ4v) is 2.04. The maximum atomic E-state index is 10.9.